The van der Waals surface area contributed by atoms with Gasteiger partial charge in [-0.05, 0) is 51.9 Å². The van der Waals surface area contributed by atoms with Crippen molar-refractivity contribution in [3.63, 3.8) is 0 Å². The van der Waals surface area contributed by atoms with Crippen LogP contribution in [0.3, 0.4) is 0 Å². The number of nitrogens with zero attached hydrogens (tertiary/aromatic N) is 1. The Hall–Kier alpha value is -1.02. The van der Waals surface area contributed by atoms with Gasteiger partial charge in [0.15, 0.2) is 0 Å². The Balaban J connectivity index is 1.91. The standard InChI is InChI=1S/C14H21NO/c1-14(2,12-15-10-6-7-11-15)16-13-8-4-3-5-9-13/h3-5,8-9H,6-7,10-12H2,1-2H3. The average molecular weight is 219 g/mol. The largest absolute Gasteiger partial charge is 0.487 e. The van der Waals surface area contributed by atoms with Gasteiger partial charge in [0.2, 0.25) is 0 Å². The van der Waals surface area contributed by atoms with Gasteiger partial charge in [0, 0.05) is 6.54 Å². The third-order valence-corrected chi connectivity index (χ3v) is 2.94. The summed E-state index contributed by atoms with van der Waals surface area (Å²) in [6, 6.07) is 10.1. The first-order valence-electron chi connectivity index (χ1n) is 6.12. The molecule has 2 heteroatoms. The highest BCUT2D eigenvalue weighted by atomic mass is 16.5. The maximum Gasteiger partial charge on any atom is 0.120 e. The highest BCUT2D eigenvalue weighted by molar-refractivity contribution is 5.21. The topological polar surface area (TPSA) is 12.5 Å². The van der Waals surface area contributed by atoms with E-state index in [9.17, 15) is 0 Å². The van der Waals surface area contributed by atoms with Crippen LogP contribution in [0.1, 0.15) is 26.7 Å². The van der Waals surface area contributed by atoms with Crippen molar-refractivity contribution in [1.29, 1.82) is 0 Å². The molecule has 1 aromatic carbocycles. The molecule has 0 saturated carbocycles. The fourth-order valence-electron chi connectivity index (χ4n) is 2.32. The smallest absolute Gasteiger partial charge is 0.120 e. The molecule has 0 bridgehead atoms. The lowest BCUT2D eigenvalue weighted by atomic mass is 10.1. The minimum atomic E-state index is -0.105. The van der Waals surface area contributed by atoms with E-state index >= 15 is 0 Å². The van der Waals surface area contributed by atoms with Crippen LogP contribution in [0.5, 0.6) is 5.75 Å². The fourth-order valence-corrected chi connectivity index (χ4v) is 2.32. The molecule has 2 nitrogen and oxygen atoms in total. The van der Waals surface area contributed by atoms with Gasteiger partial charge in [0.05, 0.1) is 0 Å². The quantitative estimate of drug-likeness (QED) is 0.772. The zero-order valence-corrected chi connectivity index (χ0v) is 10.3. The van der Waals surface area contributed by atoms with Crippen molar-refractivity contribution in [2.45, 2.75) is 32.3 Å². The van der Waals surface area contributed by atoms with Crippen LogP contribution in [-0.2, 0) is 0 Å². The lowest BCUT2D eigenvalue weighted by molar-refractivity contribution is 0.0684. The molecule has 1 aromatic rings. The predicted molar refractivity (Wildman–Crippen MR) is 66.8 cm³/mol. The molecular formula is C14H21NO. The molecule has 16 heavy (non-hydrogen) atoms. The van der Waals surface area contributed by atoms with Gasteiger partial charge in [-0.25, -0.2) is 0 Å². The molecule has 1 fully saturated rings. The number of benzene rings is 1. The van der Waals surface area contributed by atoms with Gasteiger partial charge < -0.3 is 4.74 Å². The van der Waals surface area contributed by atoms with Gasteiger partial charge in [-0.15, -0.1) is 0 Å². The molecule has 1 aliphatic heterocycles. The number of hydrogen-bond donors (Lipinski definition) is 0. The van der Waals surface area contributed by atoms with Crippen molar-refractivity contribution in [3.05, 3.63) is 30.3 Å². The van der Waals surface area contributed by atoms with Crippen LogP contribution in [0.25, 0.3) is 0 Å². The Morgan fingerprint density at radius 2 is 1.75 bits per heavy atom. The second-order valence-corrected chi connectivity index (χ2v) is 5.16. The maximum absolute atomic E-state index is 6.02. The Labute approximate surface area is 98.2 Å². The third-order valence-electron chi connectivity index (χ3n) is 2.94. The van der Waals surface area contributed by atoms with E-state index in [1.807, 2.05) is 30.3 Å². The lowest BCUT2D eigenvalue weighted by Gasteiger charge is -2.31. The summed E-state index contributed by atoms with van der Waals surface area (Å²) in [5.74, 6) is 0.965. The molecule has 0 N–H and O–H groups in total. The van der Waals surface area contributed by atoms with Crippen LogP contribution in [-0.4, -0.2) is 30.1 Å². The number of hydrogen-bond acceptors (Lipinski definition) is 2. The van der Waals surface area contributed by atoms with E-state index in [4.69, 9.17) is 4.74 Å². The molecule has 2 rings (SSSR count). The van der Waals surface area contributed by atoms with Gasteiger partial charge in [-0.3, -0.25) is 4.90 Å². The van der Waals surface area contributed by atoms with Gasteiger partial charge in [-0.1, -0.05) is 18.2 Å². The highest BCUT2D eigenvalue weighted by Gasteiger charge is 2.25. The van der Waals surface area contributed by atoms with Crippen LogP contribution in [0.4, 0.5) is 0 Å². The molecule has 1 heterocycles. The first-order chi connectivity index (χ1) is 7.66. The SMILES string of the molecule is CC(C)(CN1CCCC1)Oc1ccccc1. The van der Waals surface area contributed by atoms with Crippen LogP contribution in [0.15, 0.2) is 30.3 Å². The number of rotatable bonds is 4. The van der Waals surface area contributed by atoms with Crippen LogP contribution >= 0.6 is 0 Å². The van der Waals surface area contributed by atoms with E-state index < -0.39 is 0 Å². The second kappa shape index (κ2) is 4.88. The predicted octanol–water partition coefficient (Wildman–Crippen LogP) is 2.94. The minimum Gasteiger partial charge on any atom is -0.487 e. The number of ether oxygens (including phenoxy) is 1. The summed E-state index contributed by atoms with van der Waals surface area (Å²) >= 11 is 0. The van der Waals surface area contributed by atoms with Crippen molar-refractivity contribution < 1.29 is 4.74 Å². The molecule has 1 saturated heterocycles. The monoisotopic (exact) mass is 219 g/mol. The summed E-state index contributed by atoms with van der Waals surface area (Å²) in [4.78, 5) is 2.49. The van der Waals surface area contributed by atoms with Crippen LogP contribution in [0.2, 0.25) is 0 Å². The van der Waals surface area contributed by atoms with E-state index in [1.165, 1.54) is 25.9 Å². The molecule has 0 amide bonds. The van der Waals surface area contributed by atoms with E-state index in [2.05, 4.69) is 18.7 Å². The van der Waals surface area contributed by atoms with Gasteiger partial charge in [0.1, 0.15) is 11.4 Å². The molecule has 88 valence electrons. The summed E-state index contributed by atoms with van der Waals surface area (Å²) in [6.45, 7) is 7.79. The Bertz CT molecular complexity index is 315. The van der Waals surface area contributed by atoms with E-state index in [0.717, 1.165) is 12.3 Å². The zero-order valence-electron chi connectivity index (χ0n) is 10.3. The Morgan fingerprint density at radius 1 is 1.12 bits per heavy atom. The summed E-state index contributed by atoms with van der Waals surface area (Å²) in [7, 11) is 0. The van der Waals surface area contributed by atoms with Gasteiger partial charge in [0.25, 0.3) is 0 Å². The molecule has 0 aliphatic carbocycles. The van der Waals surface area contributed by atoms with Crippen molar-refractivity contribution in [1.82, 2.24) is 4.90 Å². The summed E-state index contributed by atoms with van der Waals surface area (Å²) in [5.41, 5.74) is -0.105. The zero-order chi connectivity index (χ0) is 11.4. The van der Waals surface area contributed by atoms with Gasteiger partial charge >= 0.3 is 0 Å². The molecule has 0 atom stereocenters. The number of para-hydroxylation sites is 1. The molecule has 0 unspecified atom stereocenters. The van der Waals surface area contributed by atoms with Crippen LogP contribution < -0.4 is 4.74 Å². The first-order valence-corrected chi connectivity index (χ1v) is 6.12. The van der Waals surface area contributed by atoms with E-state index in [-0.39, 0.29) is 5.60 Å². The maximum atomic E-state index is 6.02. The van der Waals surface area contributed by atoms with Crippen molar-refractivity contribution >= 4 is 0 Å². The lowest BCUT2D eigenvalue weighted by Crippen LogP contribution is -2.41. The van der Waals surface area contributed by atoms with Crippen LogP contribution in [0, 0.1) is 0 Å². The molecule has 0 radical (unpaired) electrons. The van der Waals surface area contributed by atoms with E-state index in [0.29, 0.717) is 0 Å². The van der Waals surface area contributed by atoms with Gasteiger partial charge in [-0.2, -0.15) is 0 Å². The fraction of sp³-hybridized carbons (Fsp3) is 0.571. The molecular weight excluding hydrogens is 198 g/mol. The van der Waals surface area contributed by atoms with Crippen molar-refractivity contribution in [2.24, 2.45) is 0 Å². The number of likely N-dealkylation sites (tertiary alicyclic amines) is 1. The van der Waals surface area contributed by atoms with Crippen molar-refractivity contribution in [3.8, 4) is 5.75 Å². The normalized spacial score (nSPS) is 17.6. The molecule has 0 spiro atoms. The highest BCUT2D eigenvalue weighted by Crippen LogP contribution is 2.20. The molecule has 1 aliphatic rings. The summed E-state index contributed by atoms with van der Waals surface area (Å²) < 4.78 is 6.02. The molecule has 0 aromatic heterocycles. The Morgan fingerprint density at radius 3 is 2.38 bits per heavy atom. The average Bonchev–Trinajstić information content (AvgIpc) is 2.70. The minimum absolute atomic E-state index is 0.105. The first kappa shape index (κ1) is 11.5. The van der Waals surface area contributed by atoms with E-state index in [1.54, 1.807) is 0 Å². The Kier molecular flexibility index (Phi) is 3.49. The summed E-state index contributed by atoms with van der Waals surface area (Å²) in [5, 5.41) is 0. The second-order valence-electron chi connectivity index (χ2n) is 5.16. The summed E-state index contributed by atoms with van der Waals surface area (Å²) in [6.07, 6.45) is 2.67. The third kappa shape index (κ3) is 3.24. The van der Waals surface area contributed by atoms with Crippen molar-refractivity contribution in [2.75, 3.05) is 19.6 Å².